The van der Waals surface area contributed by atoms with Crippen LogP contribution in [0.4, 0.5) is 16.6 Å². The fourth-order valence-corrected chi connectivity index (χ4v) is 5.37. The van der Waals surface area contributed by atoms with E-state index < -0.39 is 5.60 Å². The summed E-state index contributed by atoms with van der Waals surface area (Å²) < 4.78 is 5.64. The molecule has 1 aromatic heterocycles. The molecule has 0 aliphatic carbocycles. The van der Waals surface area contributed by atoms with Crippen LogP contribution in [0.1, 0.15) is 52.7 Å². The molecule has 4 rings (SSSR count). The lowest BCUT2D eigenvalue weighted by molar-refractivity contribution is 0.0228. The van der Waals surface area contributed by atoms with Crippen LogP contribution in [-0.4, -0.2) is 100 Å². The highest BCUT2D eigenvalue weighted by molar-refractivity contribution is 5.96. The average molecular weight is 475 g/mol. The Bertz CT molecular complexity index is 933. The van der Waals surface area contributed by atoms with Crippen LogP contribution in [0.15, 0.2) is 11.2 Å². The van der Waals surface area contributed by atoms with E-state index in [1.807, 2.05) is 25.7 Å². The van der Waals surface area contributed by atoms with Crippen LogP contribution in [0.25, 0.3) is 0 Å². The molecule has 0 spiro atoms. The summed E-state index contributed by atoms with van der Waals surface area (Å²) in [7, 11) is 2.13. The van der Waals surface area contributed by atoms with Crippen LogP contribution in [-0.2, 0) is 4.74 Å². The zero-order valence-electron chi connectivity index (χ0n) is 20.9. The van der Waals surface area contributed by atoms with Crippen molar-refractivity contribution in [1.29, 1.82) is 0 Å². The van der Waals surface area contributed by atoms with E-state index in [9.17, 15) is 10.0 Å². The number of hydrogen-bond donors (Lipinski definition) is 2. The van der Waals surface area contributed by atoms with Gasteiger partial charge in [0.05, 0.1) is 12.1 Å². The number of hydrogen-bond acceptors (Lipinski definition) is 9. The van der Waals surface area contributed by atoms with Gasteiger partial charge < -0.3 is 35.3 Å². The lowest BCUT2D eigenvalue weighted by atomic mass is 10.1. The molecule has 0 aromatic carbocycles. The molecule has 1 aromatic rings. The molecule has 34 heavy (non-hydrogen) atoms. The van der Waals surface area contributed by atoms with Crippen molar-refractivity contribution in [3.05, 3.63) is 11.8 Å². The van der Waals surface area contributed by atoms with Crippen molar-refractivity contribution in [3.8, 4) is 0 Å². The number of fused-ring (bicyclic) bond motifs is 1. The average Bonchev–Trinajstić information content (AvgIpc) is 3.32. The molecule has 11 heteroatoms. The van der Waals surface area contributed by atoms with E-state index in [-0.39, 0.29) is 30.1 Å². The molecule has 3 saturated heterocycles. The Labute approximate surface area is 201 Å². The zero-order valence-corrected chi connectivity index (χ0v) is 20.9. The van der Waals surface area contributed by atoms with Crippen molar-refractivity contribution in [2.45, 2.75) is 70.7 Å². The van der Waals surface area contributed by atoms with Crippen molar-refractivity contribution in [2.24, 2.45) is 10.9 Å². The summed E-state index contributed by atoms with van der Waals surface area (Å²) in [5.74, 6) is 1.30. The summed E-state index contributed by atoms with van der Waals surface area (Å²) in [6.07, 6.45) is 2.43. The maximum absolute atomic E-state index is 12.8. The Morgan fingerprint density at radius 1 is 1.15 bits per heavy atom. The first-order valence-electron chi connectivity index (χ1n) is 12.2. The molecule has 0 bridgehead atoms. The first-order valence-corrected chi connectivity index (χ1v) is 12.2. The molecule has 11 nitrogen and oxygen atoms in total. The van der Waals surface area contributed by atoms with E-state index in [1.165, 1.54) is 0 Å². The van der Waals surface area contributed by atoms with Crippen molar-refractivity contribution >= 4 is 23.7 Å². The number of carbonyl (C=O) groups excluding carboxylic acids is 1. The lowest BCUT2D eigenvalue weighted by Gasteiger charge is -2.31. The minimum atomic E-state index is -0.525. The number of anilines is 2. The molecule has 0 saturated carbocycles. The summed E-state index contributed by atoms with van der Waals surface area (Å²) in [5, 5.41) is 12.5. The normalized spacial score (nSPS) is 26.6. The van der Waals surface area contributed by atoms with Crippen LogP contribution in [0, 0.1) is 0 Å². The van der Waals surface area contributed by atoms with Gasteiger partial charge in [-0.15, -0.1) is 0 Å². The monoisotopic (exact) mass is 474 g/mol. The van der Waals surface area contributed by atoms with Gasteiger partial charge in [0.15, 0.2) is 5.84 Å². The number of rotatable bonds is 3. The van der Waals surface area contributed by atoms with Gasteiger partial charge in [0.25, 0.3) is 0 Å². The highest BCUT2D eigenvalue weighted by atomic mass is 16.6. The molecule has 188 valence electrons. The first kappa shape index (κ1) is 24.3. The van der Waals surface area contributed by atoms with E-state index in [1.54, 1.807) is 6.07 Å². The SMILES string of the molecule is C[C@H]1CN(C)CCCN1c1nc(/C(N)=N/O)cc(N2CCC3C2CCN3C(=O)OC(C)(C)C)n1. The van der Waals surface area contributed by atoms with Crippen molar-refractivity contribution < 1.29 is 14.7 Å². The minimum absolute atomic E-state index is 0.0398. The number of ether oxygens (including phenoxy) is 1. The van der Waals surface area contributed by atoms with Crippen molar-refractivity contribution in [1.82, 2.24) is 19.8 Å². The second kappa shape index (κ2) is 9.44. The van der Waals surface area contributed by atoms with E-state index in [4.69, 9.17) is 15.5 Å². The van der Waals surface area contributed by atoms with Crippen molar-refractivity contribution in [2.75, 3.05) is 49.6 Å². The predicted octanol–water partition coefficient (Wildman–Crippen LogP) is 1.69. The van der Waals surface area contributed by atoms with Crippen molar-refractivity contribution in [3.63, 3.8) is 0 Å². The maximum atomic E-state index is 12.8. The smallest absolute Gasteiger partial charge is 0.410 e. The molecule has 3 aliphatic rings. The topological polar surface area (TPSA) is 124 Å². The third kappa shape index (κ3) is 4.98. The van der Waals surface area contributed by atoms with Gasteiger partial charge in [-0.25, -0.2) is 9.78 Å². The third-order valence-corrected chi connectivity index (χ3v) is 6.87. The predicted molar refractivity (Wildman–Crippen MR) is 131 cm³/mol. The molecule has 1 amide bonds. The van der Waals surface area contributed by atoms with Gasteiger partial charge in [-0.3, -0.25) is 0 Å². The second-order valence-electron chi connectivity index (χ2n) is 10.6. The molecule has 3 atom stereocenters. The summed E-state index contributed by atoms with van der Waals surface area (Å²) >= 11 is 0. The van der Waals surface area contributed by atoms with E-state index >= 15 is 0 Å². The Morgan fingerprint density at radius 3 is 2.59 bits per heavy atom. The number of likely N-dealkylation sites (N-methyl/N-ethyl adjacent to an activating group) is 1. The van der Waals surface area contributed by atoms with E-state index in [2.05, 4.69) is 38.8 Å². The Hall–Kier alpha value is -2.82. The number of amidine groups is 1. The van der Waals surface area contributed by atoms with Crippen LogP contribution < -0.4 is 15.5 Å². The van der Waals surface area contributed by atoms with Gasteiger partial charge in [0.1, 0.15) is 17.1 Å². The number of likely N-dealkylation sites (tertiary alicyclic amines) is 1. The Balaban J connectivity index is 1.62. The molecule has 3 N–H and O–H groups in total. The molecule has 3 aliphatic heterocycles. The van der Waals surface area contributed by atoms with E-state index in [0.29, 0.717) is 18.2 Å². The third-order valence-electron chi connectivity index (χ3n) is 6.87. The van der Waals surface area contributed by atoms with Gasteiger partial charge in [-0.05, 0) is 60.5 Å². The van der Waals surface area contributed by atoms with Gasteiger partial charge in [-0.2, -0.15) is 4.98 Å². The van der Waals surface area contributed by atoms with Crippen LogP contribution in [0.2, 0.25) is 0 Å². The highest BCUT2D eigenvalue weighted by Gasteiger charge is 2.46. The molecule has 2 unspecified atom stereocenters. The highest BCUT2D eigenvalue weighted by Crippen LogP contribution is 2.36. The summed E-state index contributed by atoms with van der Waals surface area (Å²) in [5.41, 5.74) is 5.85. The number of nitrogens with zero attached hydrogens (tertiary/aromatic N) is 7. The summed E-state index contributed by atoms with van der Waals surface area (Å²) in [4.78, 5) is 31.0. The van der Waals surface area contributed by atoms with Gasteiger partial charge in [0.2, 0.25) is 5.95 Å². The van der Waals surface area contributed by atoms with Gasteiger partial charge >= 0.3 is 6.09 Å². The summed E-state index contributed by atoms with van der Waals surface area (Å²) in [6.45, 7) is 12.0. The Morgan fingerprint density at radius 2 is 1.88 bits per heavy atom. The first-order chi connectivity index (χ1) is 16.1. The van der Waals surface area contributed by atoms with E-state index in [0.717, 1.165) is 51.3 Å². The van der Waals surface area contributed by atoms with Crippen LogP contribution in [0.5, 0.6) is 0 Å². The molecule has 3 fully saturated rings. The minimum Gasteiger partial charge on any atom is -0.444 e. The number of oxime groups is 1. The maximum Gasteiger partial charge on any atom is 0.410 e. The molecular formula is C23H38N8O3. The Kier molecular flexibility index (Phi) is 6.75. The lowest BCUT2D eigenvalue weighted by Crippen LogP contribution is -2.42. The summed E-state index contributed by atoms with van der Waals surface area (Å²) in [6, 6.07) is 2.23. The number of carbonyl (C=O) groups is 1. The largest absolute Gasteiger partial charge is 0.444 e. The van der Waals surface area contributed by atoms with Crippen LogP contribution in [0.3, 0.4) is 0 Å². The van der Waals surface area contributed by atoms with Gasteiger partial charge in [0, 0.05) is 38.3 Å². The zero-order chi connectivity index (χ0) is 24.6. The quantitative estimate of drug-likeness (QED) is 0.291. The molecular weight excluding hydrogens is 436 g/mol. The number of nitrogens with two attached hydrogens (primary N) is 1. The standard InChI is InChI=1S/C23H38N8O3/c1-15-14-28(5)9-6-10-29(15)21-25-16(20(24)27-33)13-19(26-21)30-11-7-18-17(30)8-12-31(18)22(32)34-23(2,3)4/h13,15,17-18,33H,6-12,14H2,1-5H3,(H2,24,27)/t15-,17?,18?/m0/s1. The second-order valence-corrected chi connectivity index (χ2v) is 10.6. The fourth-order valence-electron chi connectivity index (χ4n) is 5.37. The molecule has 0 radical (unpaired) electrons. The number of aromatic nitrogens is 2. The van der Waals surface area contributed by atoms with Crippen LogP contribution >= 0.6 is 0 Å². The molecule has 4 heterocycles. The fraction of sp³-hybridized carbons (Fsp3) is 0.739. The van der Waals surface area contributed by atoms with Gasteiger partial charge in [-0.1, -0.05) is 5.16 Å². The number of amides is 1.